The summed E-state index contributed by atoms with van der Waals surface area (Å²) in [5.74, 6) is -0.151. The molecular formula is C22H29FN4O2. The highest BCUT2D eigenvalue weighted by molar-refractivity contribution is 6.01. The van der Waals surface area contributed by atoms with Crippen molar-refractivity contribution in [1.82, 2.24) is 19.7 Å². The van der Waals surface area contributed by atoms with E-state index < -0.39 is 6.17 Å². The fourth-order valence-electron chi connectivity index (χ4n) is 4.29. The molecule has 1 aromatic heterocycles. The van der Waals surface area contributed by atoms with E-state index in [-0.39, 0.29) is 18.4 Å². The highest BCUT2D eigenvalue weighted by Crippen LogP contribution is 2.22. The molecule has 3 heterocycles. The first kappa shape index (κ1) is 19.9. The smallest absolute Gasteiger partial charge is 0.270 e. The van der Waals surface area contributed by atoms with Gasteiger partial charge < -0.3 is 14.8 Å². The van der Waals surface area contributed by atoms with Crippen LogP contribution in [0.25, 0.3) is 10.9 Å². The van der Waals surface area contributed by atoms with Crippen molar-refractivity contribution in [3.05, 3.63) is 35.5 Å². The summed E-state index contributed by atoms with van der Waals surface area (Å²) in [6, 6.07) is 7.76. The molecule has 0 aliphatic carbocycles. The number of hydrogen-bond donors (Lipinski definition) is 1. The van der Waals surface area contributed by atoms with Gasteiger partial charge in [0.05, 0.1) is 6.54 Å². The molecule has 156 valence electrons. The van der Waals surface area contributed by atoms with Gasteiger partial charge in [-0.25, -0.2) is 4.39 Å². The number of piperidine rings is 1. The number of H-pyrrole nitrogens is 1. The summed E-state index contributed by atoms with van der Waals surface area (Å²) >= 11 is 0. The van der Waals surface area contributed by atoms with Crippen LogP contribution in [0.4, 0.5) is 4.39 Å². The Morgan fingerprint density at radius 1 is 1.03 bits per heavy atom. The number of likely N-dealkylation sites (tertiary alicyclic amines) is 1. The number of nitrogens with zero attached hydrogens (tertiary/aromatic N) is 3. The van der Waals surface area contributed by atoms with Gasteiger partial charge in [0.1, 0.15) is 11.9 Å². The van der Waals surface area contributed by atoms with Crippen LogP contribution in [0.5, 0.6) is 0 Å². The molecule has 0 spiro atoms. The van der Waals surface area contributed by atoms with E-state index >= 15 is 0 Å². The third kappa shape index (κ3) is 4.15. The topological polar surface area (TPSA) is 59.7 Å². The number of nitrogens with one attached hydrogen (secondary N) is 1. The first-order chi connectivity index (χ1) is 13.9. The number of fused-ring (bicyclic) bond motifs is 1. The molecule has 0 radical (unpaired) electrons. The molecule has 0 saturated carbocycles. The average Bonchev–Trinajstić information content (AvgIpc) is 3.16. The second-order valence-corrected chi connectivity index (χ2v) is 8.40. The molecule has 2 fully saturated rings. The van der Waals surface area contributed by atoms with E-state index in [2.05, 4.69) is 23.7 Å². The fraction of sp³-hybridized carbons (Fsp3) is 0.545. The zero-order chi connectivity index (χ0) is 20.5. The maximum Gasteiger partial charge on any atom is 0.270 e. The first-order valence-electron chi connectivity index (χ1n) is 10.5. The first-order valence-corrected chi connectivity index (χ1v) is 10.5. The zero-order valence-electron chi connectivity index (χ0n) is 17.2. The maximum absolute atomic E-state index is 13.7. The van der Waals surface area contributed by atoms with Gasteiger partial charge in [0.25, 0.3) is 11.8 Å². The van der Waals surface area contributed by atoms with Gasteiger partial charge in [0.2, 0.25) is 0 Å². The summed E-state index contributed by atoms with van der Waals surface area (Å²) < 4.78 is 13.7. The second kappa shape index (κ2) is 8.14. The maximum atomic E-state index is 13.7. The molecule has 29 heavy (non-hydrogen) atoms. The lowest BCUT2D eigenvalue weighted by molar-refractivity contribution is 0.0595. The lowest BCUT2D eigenvalue weighted by Crippen LogP contribution is -2.50. The molecule has 0 bridgehead atoms. The van der Waals surface area contributed by atoms with Crippen molar-refractivity contribution in [2.45, 2.75) is 38.9 Å². The molecule has 4 rings (SSSR count). The third-order valence-corrected chi connectivity index (χ3v) is 6.08. The van der Waals surface area contributed by atoms with Gasteiger partial charge in [-0.1, -0.05) is 0 Å². The van der Waals surface area contributed by atoms with Crippen molar-refractivity contribution < 1.29 is 14.0 Å². The molecular weight excluding hydrogens is 371 g/mol. The predicted molar refractivity (Wildman–Crippen MR) is 111 cm³/mol. The molecule has 1 unspecified atom stereocenters. The SMILES string of the molecule is CC(C)N1CCN(C(=O)c2ccc3[nH]c(C(=O)N4CCCC(F)C4)cc3c2)CC1. The molecule has 2 aromatic rings. The number of aromatic nitrogens is 1. The highest BCUT2D eigenvalue weighted by Gasteiger charge is 2.26. The zero-order valence-corrected chi connectivity index (χ0v) is 17.2. The molecule has 1 aromatic carbocycles. The van der Waals surface area contributed by atoms with Gasteiger partial charge in [-0.3, -0.25) is 14.5 Å². The number of hydrogen-bond acceptors (Lipinski definition) is 3. The molecule has 7 heteroatoms. The van der Waals surface area contributed by atoms with Crippen LogP contribution < -0.4 is 0 Å². The predicted octanol–water partition coefficient (Wildman–Crippen LogP) is 2.91. The Morgan fingerprint density at radius 2 is 1.79 bits per heavy atom. The third-order valence-electron chi connectivity index (χ3n) is 6.08. The van der Waals surface area contributed by atoms with Gasteiger partial charge >= 0.3 is 0 Å². The summed E-state index contributed by atoms with van der Waals surface area (Å²) in [5.41, 5.74) is 1.89. The van der Waals surface area contributed by atoms with Crippen LogP contribution in [0.3, 0.4) is 0 Å². The minimum atomic E-state index is -0.947. The lowest BCUT2D eigenvalue weighted by atomic mass is 10.1. The number of carbonyl (C=O) groups excluding carboxylic acids is 2. The average molecular weight is 400 g/mol. The van der Waals surface area contributed by atoms with Crippen LogP contribution in [-0.2, 0) is 0 Å². The number of piperazine rings is 1. The molecule has 6 nitrogen and oxygen atoms in total. The van der Waals surface area contributed by atoms with Gasteiger partial charge in [0.15, 0.2) is 0 Å². The summed E-state index contributed by atoms with van der Waals surface area (Å²) in [7, 11) is 0. The molecule has 2 amide bonds. The van der Waals surface area contributed by atoms with Crippen LogP contribution in [0.2, 0.25) is 0 Å². The van der Waals surface area contributed by atoms with E-state index in [4.69, 9.17) is 0 Å². The minimum absolute atomic E-state index is 0.0284. The van der Waals surface area contributed by atoms with Crippen LogP contribution in [0.15, 0.2) is 24.3 Å². The second-order valence-electron chi connectivity index (χ2n) is 8.40. The van der Waals surface area contributed by atoms with Crippen LogP contribution in [0, 0.1) is 0 Å². The number of rotatable bonds is 3. The van der Waals surface area contributed by atoms with Crippen molar-refractivity contribution in [1.29, 1.82) is 0 Å². The molecule has 1 atom stereocenters. The number of aromatic amines is 1. The number of alkyl halides is 1. The van der Waals surface area contributed by atoms with E-state index in [1.807, 2.05) is 23.1 Å². The number of benzene rings is 1. The van der Waals surface area contributed by atoms with Gasteiger partial charge in [-0.2, -0.15) is 0 Å². The van der Waals surface area contributed by atoms with E-state index in [9.17, 15) is 14.0 Å². The van der Waals surface area contributed by atoms with Crippen molar-refractivity contribution in [3.8, 4) is 0 Å². The molecule has 2 aliphatic heterocycles. The Bertz CT molecular complexity index is 901. The van der Waals surface area contributed by atoms with Crippen LogP contribution in [0.1, 0.15) is 47.5 Å². The van der Waals surface area contributed by atoms with Gasteiger partial charge in [-0.15, -0.1) is 0 Å². The van der Waals surface area contributed by atoms with E-state index in [1.165, 1.54) is 0 Å². The quantitative estimate of drug-likeness (QED) is 0.862. The number of halogens is 1. The van der Waals surface area contributed by atoms with Crippen molar-refractivity contribution >= 4 is 22.7 Å². The van der Waals surface area contributed by atoms with Gasteiger partial charge in [-0.05, 0) is 51.0 Å². The number of amides is 2. The number of carbonyl (C=O) groups is 2. The Morgan fingerprint density at radius 3 is 2.48 bits per heavy atom. The van der Waals surface area contributed by atoms with Gasteiger partial charge in [0, 0.05) is 55.2 Å². The standard InChI is InChI=1S/C22H29FN4O2/c1-15(2)25-8-10-26(11-9-25)21(28)16-5-6-19-17(12-16)13-20(24-19)22(29)27-7-3-4-18(23)14-27/h5-6,12-13,15,18,24H,3-4,7-11,14H2,1-2H3. The highest BCUT2D eigenvalue weighted by atomic mass is 19.1. The molecule has 2 aliphatic rings. The van der Waals surface area contributed by atoms with Crippen LogP contribution in [-0.4, -0.2) is 83.0 Å². The summed E-state index contributed by atoms with van der Waals surface area (Å²) in [6.45, 7) is 8.32. The largest absolute Gasteiger partial charge is 0.351 e. The van der Waals surface area contributed by atoms with Crippen LogP contribution >= 0.6 is 0 Å². The van der Waals surface area contributed by atoms with E-state index in [0.717, 1.165) is 37.1 Å². The minimum Gasteiger partial charge on any atom is -0.351 e. The normalized spacial score (nSPS) is 21.2. The monoisotopic (exact) mass is 400 g/mol. The van der Waals surface area contributed by atoms with Crippen molar-refractivity contribution in [3.63, 3.8) is 0 Å². The summed E-state index contributed by atoms with van der Waals surface area (Å²) in [6.07, 6.45) is 0.265. The van der Waals surface area contributed by atoms with E-state index in [0.29, 0.717) is 36.7 Å². The lowest BCUT2D eigenvalue weighted by Gasteiger charge is -2.37. The summed E-state index contributed by atoms with van der Waals surface area (Å²) in [4.78, 5) is 34.6. The molecule has 1 N–H and O–H groups in total. The Kier molecular flexibility index (Phi) is 5.58. The molecule has 2 saturated heterocycles. The fourth-order valence-corrected chi connectivity index (χ4v) is 4.29. The van der Waals surface area contributed by atoms with Crippen molar-refractivity contribution in [2.24, 2.45) is 0 Å². The summed E-state index contributed by atoms with van der Waals surface area (Å²) in [5, 5.41) is 0.828. The Hall–Kier alpha value is -2.41. The Labute approximate surface area is 170 Å². The van der Waals surface area contributed by atoms with Crippen molar-refractivity contribution in [2.75, 3.05) is 39.3 Å². The van der Waals surface area contributed by atoms with E-state index in [1.54, 1.807) is 11.0 Å². The Balaban J connectivity index is 1.48.